The molecule has 0 unspecified atom stereocenters. The molecule has 2 heterocycles. The number of benzene rings is 13. The van der Waals surface area contributed by atoms with Gasteiger partial charge in [0.2, 0.25) is 0 Å². The van der Waals surface area contributed by atoms with Gasteiger partial charge in [-0.1, -0.05) is 249 Å². The van der Waals surface area contributed by atoms with E-state index in [1.54, 1.807) is 0 Å². The van der Waals surface area contributed by atoms with Gasteiger partial charge in [-0.25, -0.2) is 0 Å². The molecule has 3 heteroatoms. The van der Waals surface area contributed by atoms with Crippen molar-refractivity contribution in [2.45, 2.75) is 16.2 Å². The lowest BCUT2D eigenvalue weighted by Gasteiger charge is -2.39. The largest absolute Gasteiger partial charge is 0.457 e. The van der Waals surface area contributed by atoms with Gasteiger partial charge in [-0.3, -0.25) is 0 Å². The monoisotopic (exact) mass is 1070 g/mol. The molecule has 0 bridgehead atoms. The molecule has 3 nitrogen and oxygen atoms in total. The van der Waals surface area contributed by atoms with Crippen LogP contribution in [0.15, 0.2) is 309 Å². The van der Waals surface area contributed by atoms with Crippen LogP contribution in [-0.2, 0) is 16.2 Å². The highest BCUT2D eigenvalue weighted by atomic mass is 16.5. The van der Waals surface area contributed by atoms with Crippen LogP contribution in [0.2, 0.25) is 0 Å². The van der Waals surface area contributed by atoms with Gasteiger partial charge in [0.15, 0.2) is 0 Å². The fourth-order valence-electron chi connectivity index (χ4n) is 15.9. The van der Waals surface area contributed by atoms with Gasteiger partial charge < -0.3 is 14.4 Å². The van der Waals surface area contributed by atoms with E-state index in [4.69, 9.17) is 9.47 Å². The van der Waals surface area contributed by atoms with E-state index in [0.717, 1.165) is 73.4 Å². The Bertz CT molecular complexity index is 4560. The van der Waals surface area contributed by atoms with Crippen LogP contribution in [0.3, 0.4) is 0 Å². The molecule has 0 aromatic heterocycles. The van der Waals surface area contributed by atoms with Crippen LogP contribution in [0.4, 0.5) is 17.1 Å². The van der Waals surface area contributed by atoms with Crippen LogP contribution < -0.4 is 14.4 Å². The molecule has 13 aromatic carbocycles. The zero-order valence-electron chi connectivity index (χ0n) is 45.7. The zero-order valence-corrected chi connectivity index (χ0v) is 45.7. The fraction of sp³-hybridized carbons (Fsp3) is 0.0370. The van der Waals surface area contributed by atoms with Crippen LogP contribution in [-0.4, -0.2) is 0 Å². The van der Waals surface area contributed by atoms with Gasteiger partial charge in [0, 0.05) is 39.2 Å². The number of hydrogen-bond acceptors (Lipinski definition) is 3. The minimum atomic E-state index is -0.605. The summed E-state index contributed by atoms with van der Waals surface area (Å²) in [6, 6.07) is 115. The number of ether oxygens (including phenoxy) is 2. The number of nitrogens with zero attached hydrogens (tertiary/aromatic N) is 1. The van der Waals surface area contributed by atoms with Gasteiger partial charge >= 0.3 is 0 Å². The maximum atomic E-state index is 6.76. The normalized spacial score (nSPS) is 14.7. The molecular weight excluding hydrogens is 1020 g/mol. The molecule has 0 saturated heterocycles. The lowest BCUT2D eigenvalue weighted by Crippen LogP contribution is -2.32. The minimum Gasteiger partial charge on any atom is -0.457 e. The molecule has 0 N–H and O–H groups in total. The summed E-state index contributed by atoms with van der Waals surface area (Å²) in [7, 11) is 0. The van der Waals surface area contributed by atoms with E-state index in [1.807, 2.05) is 0 Å². The van der Waals surface area contributed by atoms with Crippen molar-refractivity contribution in [2.24, 2.45) is 0 Å². The van der Waals surface area contributed by atoms with E-state index < -0.39 is 16.2 Å². The first kappa shape index (κ1) is 47.0. The van der Waals surface area contributed by atoms with Crippen LogP contribution in [0, 0.1) is 0 Å². The van der Waals surface area contributed by atoms with Crippen LogP contribution >= 0.6 is 0 Å². The Morgan fingerprint density at radius 1 is 0.214 bits per heavy atom. The number of anilines is 3. The summed E-state index contributed by atoms with van der Waals surface area (Å²) < 4.78 is 13.5. The topological polar surface area (TPSA) is 21.7 Å². The summed E-state index contributed by atoms with van der Waals surface area (Å²) in [5.41, 5.74) is 25.6. The first-order valence-corrected chi connectivity index (χ1v) is 29.1. The van der Waals surface area contributed by atoms with E-state index in [2.05, 4.69) is 314 Å². The summed E-state index contributed by atoms with van der Waals surface area (Å²) in [4.78, 5) is 2.53. The summed E-state index contributed by atoms with van der Waals surface area (Å²) in [6.45, 7) is 0. The van der Waals surface area contributed by atoms with Gasteiger partial charge in [0.05, 0.1) is 21.9 Å². The Kier molecular flexibility index (Phi) is 9.86. The third kappa shape index (κ3) is 6.09. The van der Waals surface area contributed by atoms with Gasteiger partial charge in [0.25, 0.3) is 0 Å². The van der Waals surface area contributed by atoms with Gasteiger partial charge in [-0.05, 0) is 144 Å². The highest BCUT2D eigenvalue weighted by molar-refractivity contribution is 5.98. The van der Waals surface area contributed by atoms with Gasteiger partial charge in [-0.2, -0.15) is 0 Å². The molecule has 18 rings (SSSR count). The van der Waals surface area contributed by atoms with Crippen molar-refractivity contribution in [3.8, 4) is 67.5 Å². The summed E-state index contributed by atoms with van der Waals surface area (Å²) in [5.74, 6) is 3.52. The van der Waals surface area contributed by atoms with Gasteiger partial charge in [-0.15, -0.1) is 0 Å². The molecule has 5 aliphatic rings. The Balaban J connectivity index is 0.898. The molecule has 2 aliphatic heterocycles. The highest BCUT2D eigenvalue weighted by Crippen LogP contribution is 2.65. The Morgan fingerprint density at radius 2 is 0.548 bits per heavy atom. The number of hydrogen-bond donors (Lipinski definition) is 0. The molecule has 2 spiro atoms. The van der Waals surface area contributed by atoms with Gasteiger partial charge in [0.1, 0.15) is 23.0 Å². The lowest BCUT2D eigenvalue weighted by molar-refractivity contribution is 0.436. The Hall–Kier alpha value is -10.7. The smallest absolute Gasteiger partial charge is 0.132 e. The number of para-hydroxylation sites is 5. The van der Waals surface area contributed by atoms with Crippen molar-refractivity contribution in [1.29, 1.82) is 0 Å². The molecular formula is C81H51NO2. The number of rotatable bonds is 6. The van der Waals surface area contributed by atoms with E-state index in [1.165, 1.54) is 77.9 Å². The second-order valence-electron chi connectivity index (χ2n) is 22.9. The average Bonchev–Trinajstić information content (AvgIpc) is 1.57. The van der Waals surface area contributed by atoms with Crippen LogP contribution in [0.1, 0.15) is 66.8 Å². The van der Waals surface area contributed by atoms with Crippen molar-refractivity contribution in [3.63, 3.8) is 0 Å². The molecule has 0 amide bonds. The van der Waals surface area contributed by atoms with E-state index in [-0.39, 0.29) is 0 Å². The summed E-state index contributed by atoms with van der Waals surface area (Å²) in [6.07, 6.45) is 0. The molecule has 3 aliphatic carbocycles. The molecule has 84 heavy (non-hydrogen) atoms. The Morgan fingerprint density at radius 3 is 1.00 bits per heavy atom. The third-order valence-electron chi connectivity index (χ3n) is 19.1. The van der Waals surface area contributed by atoms with Crippen LogP contribution in [0.25, 0.3) is 44.5 Å². The third-order valence-corrected chi connectivity index (χ3v) is 19.1. The minimum absolute atomic E-state index is 0.561. The summed E-state index contributed by atoms with van der Waals surface area (Å²) in [5, 5.41) is 0. The summed E-state index contributed by atoms with van der Waals surface area (Å²) >= 11 is 0. The first-order chi connectivity index (χ1) is 41.7. The lowest BCUT2D eigenvalue weighted by atomic mass is 9.66. The van der Waals surface area contributed by atoms with E-state index >= 15 is 0 Å². The molecule has 392 valence electrons. The predicted octanol–water partition coefficient (Wildman–Crippen LogP) is 20.1. The molecule has 0 radical (unpaired) electrons. The molecule has 0 saturated carbocycles. The molecule has 13 aromatic rings. The predicted molar refractivity (Wildman–Crippen MR) is 339 cm³/mol. The highest BCUT2D eigenvalue weighted by Gasteiger charge is 2.53. The standard InChI is InChI=1S/C81H51NO2/c1-3-23-53(24-4-1)79(54-25-5-2-6-26-54)64-31-11-7-28-58(64)61-46-43-52(49-73(61)79)57-27-10-18-38-74(57)82(55-44-47-67-62(50-55)59-29-8-12-32-65(59)80(67)69-34-14-19-39-75(69)83-76-40-20-15-35-70(76)80)56-45-48-68-63(51-56)60-30-9-13-33-66(60)81(68)71-36-16-21-41-77(71)84-78-42-22-17-37-72(78)81/h1-51H. The van der Waals surface area contributed by atoms with Crippen molar-refractivity contribution in [3.05, 3.63) is 376 Å². The van der Waals surface area contributed by atoms with Crippen molar-refractivity contribution < 1.29 is 9.47 Å². The van der Waals surface area contributed by atoms with Crippen LogP contribution in [0.5, 0.6) is 23.0 Å². The van der Waals surface area contributed by atoms with Crippen molar-refractivity contribution >= 4 is 17.1 Å². The Labute approximate surface area is 488 Å². The maximum Gasteiger partial charge on any atom is 0.132 e. The van der Waals surface area contributed by atoms with Crippen molar-refractivity contribution in [2.75, 3.05) is 4.90 Å². The fourth-order valence-corrected chi connectivity index (χ4v) is 15.9. The molecule has 0 fully saturated rings. The zero-order chi connectivity index (χ0) is 55.1. The second-order valence-corrected chi connectivity index (χ2v) is 22.9. The first-order valence-electron chi connectivity index (χ1n) is 29.1. The number of fused-ring (bicyclic) bond motifs is 21. The second kappa shape index (κ2) is 17.6. The molecule has 0 atom stereocenters. The SMILES string of the molecule is c1ccc(C2(c3ccccc3)c3ccccc3-c3ccc(-c4ccccc4N(c4ccc5c(c4)-c4ccccc4C54c5ccccc5Oc5ccccc54)c4ccc5c(c4)-c4ccccc4C54c5ccccc5Oc5ccccc54)cc32)cc1. The van der Waals surface area contributed by atoms with E-state index in [0.29, 0.717) is 0 Å². The average molecular weight is 1070 g/mol. The maximum absolute atomic E-state index is 6.76. The quantitative estimate of drug-likeness (QED) is 0.166. The van der Waals surface area contributed by atoms with Crippen molar-refractivity contribution in [1.82, 2.24) is 0 Å². The van der Waals surface area contributed by atoms with E-state index in [9.17, 15) is 0 Å².